The van der Waals surface area contributed by atoms with Crippen LogP contribution in [0.3, 0.4) is 0 Å². The molecule has 2 rings (SSSR count). The average Bonchev–Trinajstić information content (AvgIpc) is 2.73. The molecule has 90 valence electrons. The van der Waals surface area contributed by atoms with Crippen LogP contribution in [0.5, 0.6) is 11.2 Å². The topological polar surface area (TPSA) is 44.2 Å². The minimum Gasteiger partial charge on any atom is -0.466 e. The van der Waals surface area contributed by atoms with Crippen molar-refractivity contribution >= 4 is 34.7 Å². The van der Waals surface area contributed by atoms with E-state index in [2.05, 4.69) is 9.36 Å². The summed E-state index contributed by atoms with van der Waals surface area (Å²) in [5.74, 6) is 0. The lowest BCUT2D eigenvalue weighted by Crippen LogP contribution is -1.95. The van der Waals surface area contributed by atoms with Crippen LogP contribution in [0, 0.1) is 0 Å². The van der Waals surface area contributed by atoms with Crippen LogP contribution in [0.2, 0.25) is 10.0 Å². The normalized spacial score (nSPS) is 10.3. The third kappa shape index (κ3) is 3.46. The number of aromatic nitrogens is 2. The zero-order chi connectivity index (χ0) is 12.3. The maximum absolute atomic E-state index is 5.87. The number of benzene rings is 1. The molecule has 0 amide bonds. The molecule has 0 atom stereocenters. The number of hydrogen-bond acceptors (Lipinski definition) is 5. The second-order valence-corrected chi connectivity index (χ2v) is 4.70. The fraction of sp³-hybridized carbons (Fsp3) is 0.200. The molecule has 0 bridgehead atoms. The van der Waals surface area contributed by atoms with E-state index >= 15 is 0 Å². The van der Waals surface area contributed by atoms with Crippen molar-refractivity contribution in [2.75, 3.05) is 7.11 Å². The number of ether oxygens (including phenoxy) is 2. The van der Waals surface area contributed by atoms with E-state index in [1.54, 1.807) is 18.2 Å². The van der Waals surface area contributed by atoms with E-state index in [-0.39, 0.29) is 0 Å². The molecule has 0 radical (unpaired) electrons. The molecular weight excluding hydrogens is 283 g/mol. The number of rotatable bonds is 4. The number of halogens is 2. The molecule has 0 saturated heterocycles. The first-order chi connectivity index (χ1) is 8.17. The Balaban J connectivity index is 2.01. The Morgan fingerprint density at radius 1 is 1.24 bits per heavy atom. The third-order valence-corrected chi connectivity index (χ3v) is 2.91. The quantitative estimate of drug-likeness (QED) is 0.865. The molecule has 0 fully saturated rings. The molecule has 1 heterocycles. The first-order valence-corrected chi connectivity index (χ1v) is 6.16. The molecule has 0 aliphatic rings. The Morgan fingerprint density at radius 2 is 1.94 bits per heavy atom. The molecule has 2 aromatic rings. The van der Waals surface area contributed by atoms with Gasteiger partial charge in [-0.15, -0.1) is 9.36 Å². The minimum atomic E-state index is 0.300. The van der Waals surface area contributed by atoms with Crippen LogP contribution in [-0.4, -0.2) is 16.5 Å². The van der Waals surface area contributed by atoms with Gasteiger partial charge in [-0.2, -0.15) is 0 Å². The zero-order valence-electron chi connectivity index (χ0n) is 8.81. The van der Waals surface area contributed by atoms with Gasteiger partial charge in [0.2, 0.25) is 0 Å². The first-order valence-electron chi connectivity index (χ1n) is 4.63. The molecule has 17 heavy (non-hydrogen) atoms. The van der Waals surface area contributed by atoms with Crippen LogP contribution in [0.4, 0.5) is 0 Å². The highest BCUT2D eigenvalue weighted by Gasteiger charge is 2.05. The van der Waals surface area contributed by atoms with Gasteiger partial charge in [-0.25, -0.2) is 0 Å². The molecule has 0 saturated carbocycles. The maximum Gasteiger partial charge on any atom is 0.331 e. The zero-order valence-corrected chi connectivity index (χ0v) is 11.1. The standard InChI is InChI=1S/C10H8Cl2N2O2S/c1-15-9-13-10(17-14-9)16-5-6-2-7(11)4-8(12)3-6/h2-4H,5H2,1H3. The van der Waals surface area contributed by atoms with Crippen molar-refractivity contribution < 1.29 is 9.47 Å². The summed E-state index contributed by atoms with van der Waals surface area (Å²) in [4.78, 5) is 3.99. The van der Waals surface area contributed by atoms with Gasteiger partial charge >= 0.3 is 6.01 Å². The fourth-order valence-electron chi connectivity index (χ4n) is 1.18. The molecular formula is C10H8Cl2N2O2S. The summed E-state index contributed by atoms with van der Waals surface area (Å²) in [6.45, 7) is 0.332. The summed E-state index contributed by atoms with van der Waals surface area (Å²) < 4.78 is 14.2. The Morgan fingerprint density at radius 3 is 2.53 bits per heavy atom. The minimum absolute atomic E-state index is 0.300. The predicted molar refractivity (Wildman–Crippen MR) is 67.3 cm³/mol. The maximum atomic E-state index is 5.87. The lowest BCUT2D eigenvalue weighted by atomic mass is 10.2. The molecule has 1 aromatic heterocycles. The van der Waals surface area contributed by atoms with Crippen molar-refractivity contribution in [3.8, 4) is 11.2 Å². The SMILES string of the molecule is COc1nsc(OCc2cc(Cl)cc(Cl)c2)n1. The summed E-state index contributed by atoms with van der Waals surface area (Å²) in [6.07, 6.45) is 0. The van der Waals surface area contributed by atoms with Crippen LogP contribution in [-0.2, 0) is 6.61 Å². The van der Waals surface area contributed by atoms with Crippen LogP contribution in [0.15, 0.2) is 18.2 Å². The Labute approximate surface area is 112 Å². The van der Waals surface area contributed by atoms with Crippen LogP contribution < -0.4 is 9.47 Å². The number of nitrogens with zero attached hydrogens (tertiary/aromatic N) is 2. The average molecular weight is 291 g/mol. The molecule has 7 heteroatoms. The Bertz CT molecular complexity index is 499. The summed E-state index contributed by atoms with van der Waals surface area (Å²) >= 11 is 12.9. The highest BCUT2D eigenvalue weighted by atomic mass is 35.5. The number of hydrogen-bond donors (Lipinski definition) is 0. The lowest BCUT2D eigenvalue weighted by molar-refractivity contribution is 0.298. The van der Waals surface area contributed by atoms with Gasteiger partial charge in [-0.1, -0.05) is 23.2 Å². The molecule has 0 spiro atoms. The van der Waals surface area contributed by atoms with Gasteiger partial charge < -0.3 is 9.47 Å². The van der Waals surface area contributed by atoms with E-state index in [0.29, 0.717) is 27.9 Å². The van der Waals surface area contributed by atoms with E-state index in [1.165, 1.54) is 7.11 Å². The number of methoxy groups -OCH3 is 1. The van der Waals surface area contributed by atoms with Crippen LogP contribution in [0.1, 0.15) is 5.56 Å². The van der Waals surface area contributed by atoms with E-state index in [4.69, 9.17) is 32.7 Å². The smallest absolute Gasteiger partial charge is 0.331 e. The third-order valence-electron chi connectivity index (χ3n) is 1.86. The summed E-state index contributed by atoms with van der Waals surface area (Å²) in [5, 5.41) is 1.59. The summed E-state index contributed by atoms with van der Waals surface area (Å²) in [7, 11) is 1.50. The molecule has 0 N–H and O–H groups in total. The van der Waals surface area contributed by atoms with Gasteiger partial charge in [0.05, 0.1) is 7.11 Å². The van der Waals surface area contributed by atoms with Gasteiger partial charge in [0, 0.05) is 21.6 Å². The second-order valence-electron chi connectivity index (χ2n) is 3.11. The summed E-state index contributed by atoms with van der Waals surface area (Å²) in [6, 6.07) is 5.53. The fourth-order valence-corrected chi connectivity index (χ4v) is 2.25. The van der Waals surface area contributed by atoms with Crippen molar-refractivity contribution in [2.24, 2.45) is 0 Å². The van der Waals surface area contributed by atoms with Gasteiger partial charge in [-0.05, 0) is 23.8 Å². The Kier molecular flexibility index (Phi) is 4.04. The van der Waals surface area contributed by atoms with E-state index in [0.717, 1.165) is 17.1 Å². The van der Waals surface area contributed by atoms with Crippen LogP contribution >= 0.6 is 34.7 Å². The van der Waals surface area contributed by atoms with Gasteiger partial charge in [-0.3, -0.25) is 0 Å². The van der Waals surface area contributed by atoms with Crippen molar-refractivity contribution in [3.63, 3.8) is 0 Å². The van der Waals surface area contributed by atoms with E-state index < -0.39 is 0 Å². The van der Waals surface area contributed by atoms with Crippen molar-refractivity contribution in [2.45, 2.75) is 6.61 Å². The lowest BCUT2D eigenvalue weighted by Gasteiger charge is -2.03. The highest BCUT2D eigenvalue weighted by Crippen LogP contribution is 2.22. The van der Waals surface area contributed by atoms with Gasteiger partial charge in [0.25, 0.3) is 5.19 Å². The van der Waals surface area contributed by atoms with E-state index in [9.17, 15) is 0 Å². The molecule has 0 aliphatic heterocycles. The molecule has 4 nitrogen and oxygen atoms in total. The van der Waals surface area contributed by atoms with Crippen molar-refractivity contribution in [1.82, 2.24) is 9.36 Å². The largest absolute Gasteiger partial charge is 0.466 e. The second kappa shape index (κ2) is 5.53. The van der Waals surface area contributed by atoms with Gasteiger partial charge in [0.15, 0.2) is 0 Å². The summed E-state index contributed by atoms with van der Waals surface area (Å²) in [5.41, 5.74) is 0.872. The highest BCUT2D eigenvalue weighted by molar-refractivity contribution is 7.07. The molecule has 0 aliphatic carbocycles. The predicted octanol–water partition coefficient (Wildman–Crippen LogP) is 3.43. The van der Waals surface area contributed by atoms with Gasteiger partial charge in [0.1, 0.15) is 6.61 Å². The first kappa shape index (κ1) is 12.4. The van der Waals surface area contributed by atoms with Crippen molar-refractivity contribution in [1.29, 1.82) is 0 Å². The van der Waals surface area contributed by atoms with E-state index in [1.807, 2.05) is 0 Å². The van der Waals surface area contributed by atoms with Crippen LogP contribution in [0.25, 0.3) is 0 Å². The molecule has 0 unspecified atom stereocenters. The molecule has 1 aromatic carbocycles. The monoisotopic (exact) mass is 290 g/mol. The van der Waals surface area contributed by atoms with Crippen molar-refractivity contribution in [3.05, 3.63) is 33.8 Å². The Hall–Kier alpha value is -1.04.